The fraction of sp³-hybridized carbons (Fsp3) is 0.204. The van der Waals surface area contributed by atoms with Crippen molar-refractivity contribution in [3.05, 3.63) is 137 Å². The maximum absolute atomic E-state index is 13.4. The van der Waals surface area contributed by atoms with Gasteiger partial charge in [-0.25, -0.2) is 0 Å². The molecule has 0 atom stereocenters. The minimum absolute atomic E-state index is 0.0275. The van der Waals surface area contributed by atoms with Gasteiger partial charge in [0.2, 0.25) is 0 Å². The molecular weight excluding hydrogens is 983 g/mol. The summed E-state index contributed by atoms with van der Waals surface area (Å²) in [5.74, 6) is -4.29. The Hall–Kier alpha value is -10.5. The normalized spacial score (nSPS) is 10.8. The number of carbonyl (C=O) groups is 8. The number of amidine groups is 2. The standard InChI is InChI=1S/C49H55N19O8/c1-63-22-30(12-34(63)44(71)55-9-7-40(50)51)59-48(75)38-16-32(24-67(38)5)61-46(73)36-14-28(20-65(36)3)57-42(69)26-11-27(19-54-18-26)43(70)58-29-15-37(66(4)21-29)47(74)62-33-17-39(68(6)25-33)49(76)60-31-13-35(64(2)23-31)45(72)56-10-8-41(52)53/h11-25H,7-10H2,1-6H3,(H3,50,51)(H3,52,53)(H,55,71)(H,56,72)(H,57,69)(H,58,70)(H,59,75)(H,60,76)(H,61,73)(H,62,74). The summed E-state index contributed by atoms with van der Waals surface area (Å²) in [7, 11) is 9.74. The number of hydrogen-bond acceptors (Lipinski definition) is 11. The molecule has 394 valence electrons. The first-order valence-corrected chi connectivity index (χ1v) is 23.1. The van der Waals surface area contributed by atoms with Crippen LogP contribution in [0.4, 0.5) is 34.1 Å². The van der Waals surface area contributed by atoms with Crippen molar-refractivity contribution in [2.45, 2.75) is 12.8 Å². The Kier molecular flexibility index (Phi) is 15.8. The first-order valence-electron chi connectivity index (χ1n) is 23.1. The number of carbonyl (C=O) groups excluding carboxylic acids is 8. The zero-order valence-corrected chi connectivity index (χ0v) is 42.0. The molecule has 7 aromatic rings. The first-order chi connectivity index (χ1) is 36.0. The van der Waals surface area contributed by atoms with Gasteiger partial charge >= 0.3 is 0 Å². The molecule has 0 radical (unpaired) electrons. The number of amides is 8. The summed E-state index contributed by atoms with van der Waals surface area (Å²) in [6, 6.07) is 10.2. The van der Waals surface area contributed by atoms with Gasteiger partial charge in [0.25, 0.3) is 47.3 Å². The fourth-order valence-corrected chi connectivity index (χ4v) is 7.83. The van der Waals surface area contributed by atoms with Crippen LogP contribution >= 0.6 is 0 Å². The summed E-state index contributed by atoms with van der Waals surface area (Å²) in [4.78, 5) is 109. The van der Waals surface area contributed by atoms with E-state index in [1.54, 1.807) is 76.2 Å². The van der Waals surface area contributed by atoms with Gasteiger partial charge in [0.1, 0.15) is 34.2 Å². The van der Waals surface area contributed by atoms with Crippen LogP contribution in [-0.2, 0) is 42.3 Å². The predicted molar refractivity (Wildman–Crippen MR) is 282 cm³/mol. The monoisotopic (exact) mass is 1040 g/mol. The van der Waals surface area contributed by atoms with E-state index in [-0.39, 0.29) is 94.3 Å². The van der Waals surface area contributed by atoms with Crippen LogP contribution in [-0.4, -0.2) is 104 Å². The van der Waals surface area contributed by atoms with E-state index in [1.165, 1.54) is 85.5 Å². The van der Waals surface area contributed by atoms with Crippen molar-refractivity contribution in [1.29, 1.82) is 10.8 Å². The van der Waals surface area contributed by atoms with Gasteiger partial charge in [-0.3, -0.25) is 54.2 Å². The van der Waals surface area contributed by atoms with Crippen LogP contribution in [0.3, 0.4) is 0 Å². The maximum Gasteiger partial charge on any atom is 0.272 e. The second-order valence-electron chi connectivity index (χ2n) is 17.6. The van der Waals surface area contributed by atoms with Crippen molar-refractivity contribution in [2.24, 2.45) is 53.8 Å². The van der Waals surface area contributed by atoms with Crippen molar-refractivity contribution < 1.29 is 38.4 Å². The van der Waals surface area contributed by atoms with Gasteiger partial charge in [-0.1, -0.05) is 0 Å². The summed E-state index contributed by atoms with van der Waals surface area (Å²) in [6.45, 7) is 0.365. The average molecular weight is 1040 g/mol. The average Bonchev–Trinajstić information content (AvgIpc) is 4.22. The van der Waals surface area contributed by atoms with Crippen molar-refractivity contribution in [3.63, 3.8) is 0 Å². The van der Waals surface area contributed by atoms with E-state index < -0.39 is 47.3 Å². The minimum Gasteiger partial charge on any atom is -0.388 e. The number of hydrogen-bond donors (Lipinski definition) is 12. The molecule has 7 aromatic heterocycles. The molecule has 0 aliphatic carbocycles. The zero-order valence-electron chi connectivity index (χ0n) is 42.0. The van der Waals surface area contributed by atoms with Crippen LogP contribution in [0.25, 0.3) is 0 Å². The van der Waals surface area contributed by atoms with Crippen LogP contribution in [0.5, 0.6) is 0 Å². The SMILES string of the molecule is Cn1cc(NC(=O)c2cc(NC(=O)c3cc(NC(=O)c4cncc(C(=O)Nc5cc(C(=O)Nc6cc(C(=O)Nc7cc(C(=O)NCCC(=N)N)n(C)c7)n(C)c6)n(C)c5)c4)cn3C)cn2C)cc1C(=O)NCCC(=N)N. The molecule has 76 heavy (non-hydrogen) atoms. The Morgan fingerprint density at radius 1 is 0.382 bits per heavy atom. The summed E-state index contributed by atoms with van der Waals surface area (Å²) >= 11 is 0. The number of nitrogens with two attached hydrogens (primary N) is 2. The molecule has 0 bridgehead atoms. The lowest BCUT2D eigenvalue weighted by molar-refractivity contribution is 0.0938. The Bertz CT molecular complexity index is 3270. The van der Waals surface area contributed by atoms with Gasteiger partial charge in [0.05, 0.1) is 56.9 Å². The van der Waals surface area contributed by atoms with Gasteiger partial charge in [-0.15, -0.1) is 0 Å². The molecule has 0 spiro atoms. The van der Waals surface area contributed by atoms with Crippen LogP contribution in [0.2, 0.25) is 0 Å². The lowest BCUT2D eigenvalue weighted by atomic mass is 10.2. The van der Waals surface area contributed by atoms with E-state index in [9.17, 15) is 38.4 Å². The molecule has 0 unspecified atom stereocenters. The van der Waals surface area contributed by atoms with E-state index in [4.69, 9.17) is 22.3 Å². The van der Waals surface area contributed by atoms with E-state index in [2.05, 4.69) is 47.5 Å². The van der Waals surface area contributed by atoms with Crippen molar-refractivity contribution in [2.75, 3.05) is 45.0 Å². The topological polar surface area (TPSA) is 375 Å². The molecule has 7 rings (SSSR count). The summed E-state index contributed by atoms with van der Waals surface area (Å²) in [5, 5.41) is 36.4. The number of nitrogens with zero attached hydrogens (tertiary/aromatic N) is 7. The number of aromatic nitrogens is 7. The molecule has 27 heteroatoms. The number of anilines is 6. The van der Waals surface area contributed by atoms with Gasteiger partial charge in [-0.05, 0) is 42.5 Å². The molecule has 0 saturated heterocycles. The maximum atomic E-state index is 13.4. The van der Waals surface area contributed by atoms with Crippen LogP contribution in [0.1, 0.15) is 96.5 Å². The lowest BCUT2D eigenvalue weighted by Crippen LogP contribution is -2.28. The second-order valence-corrected chi connectivity index (χ2v) is 17.6. The number of nitrogens with one attached hydrogen (secondary N) is 10. The van der Waals surface area contributed by atoms with Crippen LogP contribution in [0, 0.1) is 10.8 Å². The second kappa shape index (κ2) is 22.5. The lowest BCUT2D eigenvalue weighted by Gasteiger charge is -2.06. The van der Waals surface area contributed by atoms with E-state index in [1.807, 2.05) is 0 Å². The van der Waals surface area contributed by atoms with Crippen LogP contribution < -0.4 is 54.0 Å². The largest absolute Gasteiger partial charge is 0.388 e. The quantitative estimate of drug-likeness (QED) is 0.0389. The van der Waals surface area contributed by atoms with E-state index in [0.717, 1.165) is 0 Å². The molecule has 8 amide bonds. The Morgan fingerprint density at radius 3 is 0.842 bits per heavy atom. The Balaban J connectivity index is 0.912. The smallest absolute Gasteiger partial charge is 0.272 e. The third kappa shape index (κ3) is 12.8. The summed E-state index contributed by atoms with van der Waals surface area (Å²) in [5.41, 5.74) is 13.9. The third-order valence-corrected chi connectivity index (χ3v) is 11.6. The highest BCUT2D eigenvalue weighted by atomic mass is 16.2. The third-order valence-electron chi connectivity index (χ3n) is 11.6. The minimum atomic E-state index is -0.630. The molecule has 7 heterocycles. The van der Waals surface area contributed by atoms with Gasteiger partial charge in [0, 0.05) is 118 Å². The molecule has 0 aliphatic rings. The number of rotatable bonds is 20. The van der Waals surface area contributed by atoms with E-state index in [0.29, 0.717) is 22.7 Å². The fourth-order valence-electron chi connectivity index (χ4n) is 7.83. The molecular formula is C49H55N19O8. The van der Waals surface area contributed by atoms with Crippen molar-refractivity contribution >= 4 is 93.1 Å². The molecule has 14 N–H and O–H groups in total. The van der Waals surface area contributed by atoms with E-state index >= 15 is 0 Å². The van der Waals surface area contributed by atoms with Crippen molar-refractivity contribution in [3.8, 4) is 0 Å². The first kappa shape index (κ1) is 53.3. The molecule has 0 fully saturated rings. The summed E-state index contributed by atoms with van der Waals surface area (Å²) in [6.07, 6.45) is 12.2. The Labute approximate surface area is 433 Å². The predicted octanol–water partition coefficient (Wildman–Crippen LogP) is 2.74. The van der Waals surface area contributed by atoms with Crippen LogP contribution in [0.15, 0.2) is 92.0 Å². The molecule has 27 nitrogen and oxygen atoms in total. The number of aryl methyl sites for hydroxylation is 6. The van der Waals surface area contributed by atoms with Gasteiger partial charge in [-0.2, -0.15) is 0 Å². The summed E-state index contributed by atoms with van der Waals surface area (Å²) < 4.78 is 9.10. The zero-order chi connectivity index (χ0) is 55.1. The highest BCUT2D eigenvalue weighted by Gasteiger charge is 2.22. The van der Waals surface area contributed by atoms with Gasteiger partial charge in [0.15, 0.2) is 0 Å². The highest BCUT2D eigenvalue weighted by molar-refractivity contribution is 6.12. The molecule has 0 saturated carbocycles. The molecule has 0 aliphatic heterocycles. The van der Waals surface area contributed by atoms with Gasteiger partial charge < -0.3 is 81.4 Å². The molecule has 0 aromatic carbocycles. The number of pyridine rings is 1. The Morgan fingerprint density at radius 2 is 0.605 bits per heavy atom. The highest BCUT2D eigenvalue weighted by Crippen LogP contribution is 2.23. The van der Waals surface area contributed by atoms with Crippen molar-refractivity contribution in [1.82, 2.24) is 43.0 Å².